The van der Waals surface area contributed by atoms with Gasteiger partial charge in [-0.25, -0.2) is 0 Å². The van der Waals surface area contributed by atoms with Crippen LogP contribution in [0.25, 0.3) is 0 Å². The lowest BCUT2D eigenvalue weighted by atomic mass is 9.71. The fourth-order valence-electron chi connectivity index (χ4n) is 5.27. The van der Waals surface area contributed by atoms with Gasteiger partial charge in [-0.15, -0.1) is 0 Å². The van der Waals surface area contributed by atoms with Gasteiger partial charge in [-0.1, -0.05) is 5.16 Å². The van der Waals surface area contributed by atoms with Crippen LogP contribution in [-0.4, -0.2) is 40.5 Å². The minimum Gasteiger partial charge on any atom is -0.391 e. The molecule has 8 heteroatoms. The third kappa shape index (κ3) is 1.69. The molecule has 8 nitrogen and oxygen atoms in total. The molecule has 4 aliphatic rings. The molecule has 2 saturated carbocycles. The van der Waals surface area contributed by atoms with Gasteiger partial charge in [0.25, 0.3) is 5.69 Å². The molecular formula is C17H15N3O5. The van der Waals surface area contributed by atoms with E-state index in [1.807, 2.05) is 0 Å². The summed E-state index contributed by atoms with van der Waals surface area (Å²) in [5, 5.41) is 15.0. The van der Waals surface area contributed by atoms with Crippen LogP contribution in [0.5, 0.6) is 0 Å². The standard InChI is InChI=1S/C17H15N3O5/c1-19-16(21)11-9-6-10(12(11)17(19)22)15-13(9)14(18-25-15)7-2-4-8(5-3-7)20(23)24/h2-5,9-13,15H,6H2,1H3/t9-,10+,11+,12+,13+,15-/m1/s1. The molecule has 0 spiro atoms. The summed E-state index contributed by atoms with van der Waals surface area (Å²) >= 11 is 0. The second-order valence-corrected chi connectivity index (χ2v) is 7.23. The number of carbonyl (C=O) groups excluding carboxylic acids is 2. The number of rotatable bonds is 2. The van der Waals surface area contributed by atoms with E-state index in [1.165, 1.54) is 17.0 Å². The minimum atomic E-state index is -0.444. The normalized spacial score (nSPS) is 37.8. The number of hydrogen-bond acceptors (Lipinski definition) is 6. The summed E-state index contributed by atoms with van der Waals surface area (Å²) in [7, 11) is 1.55. The number of non-ortho nitro benzene ring substituents is 1. The Morgan fingerprint density at radius 1 is 1.12 bits per heavy atom. The van der Waals surface area contributed by atoms with Crippen LogP contribution in [0.3, 0.4) is 0 Å². The maximum atomic E-state index is 12.5. The van der Waals surface area contributed by atoms with Crippen LogP contribution in [0.4, 0.5) is 5.69 Å². The van der Waals surface area contributed by atoms with Crippen LogP contribution in [0, 0.1) is 39.7 Å². The zero-order valence-corrected chi connectivity index (χ0v) is 13.4. The van der Waals surface area contributed by atoms with Crippen molar-refractivity contribution in [3.05, 3.63) is 39.9 Å². The molecule has 2 heterocycles. The second kappa shape index (κ2) is 4.65. The molecule has 0 N–H and O–H groups in total. The molecule has 3 fully saturated rings. The third-order valence-electron chi connectivity index (χ3n) is 6.28. The third-order valence-corrected chi connectivity index (χ3v) is 6.28. The topological polar surface area (TPSA) is 102 Å². The SMILES string of the molecule is CN1C(=O)[C@H]2[C@@H]3C[C@@H]([C@H]4C(c5ccc([N+](=O)[O-])cc5)=NO[C@H]34)[C@@H]2C1=O. The second-order valence-electron chi connectivity index (χ2n) is 7.23. The monoisotopic (exact) mass is 341 g/mol. The van der Waals surface area contributed by atoms with E-state index >= 15 is 0 Å². The van der Waals surface area contributed by atoms with Crippen LogP contribution < -0.4 is 0 Å². The summed E-state index contributed by atoms with van der Waals surface area (Å²) in [5.41, 5.74) is 1.53. The lowest BCUT2D eigenvalue weighted by Crippen LogP contribution is -2.41. The maximum absolute atomic E-state index is 12.5. The van der Waals surface area contributed by atoms with Crippen molar-refractivity contribution < 1.29 is 19.3 Å². The molecule has 1 aromatic rings. The van der Waals surface area contributed by atoms with Gasteiger partial charge in [-0.2, -0.15) is 0 Å². The largest absolute Gasteiger partial charge is 0.391 e. The van der Waals surface area contributed by atoms with Crippen molar-refractivity contribution in [1.82, 2.24) is 4.90 Å². The van der Waals surface area contributed by atoms with Crippen molar-refractivity contribution in [2.45, 2.75) is 12.5 Å². The molecule has 1 saturated heterocycles. The molecule has 2 bridgehead atoms. The predicted molar refractivity (Wildman–Crippen MR) is 84.4 cm³/mol. The van der Waals surface area contributed by atoms with E-state index in [9.17, 15) is 19.7 Å². The molecule has 25 heavy (non-hydrogen) atoms. The van der Waals surface area contributed by atoms with Crippen molar-refractivity contribution >= 4 is 23.2 Å². The van der Waals surface area contributed by atoms with Crippen molar-refractivity contribution in [2.75, 3.05) is 7.05 Å². The minimum absolute atomic E-state index is 0.0145. The number of benzene rings is 1. The fourth-order valence-corrected chi connectivity index (χ4v) is 5.27. The lowest BCUT2D eigenvalue weighted by Gasteiger charge is -2.29. The van der Waals surface area contributed by atoms with E-state index in [-0.39, 0.29) is 53.2 Å². The Bertz CT molecular complexity index is 848. The number of likely N-dealkylation sites (tertiary alicyclic amines) is 1. The van der Waals surface area contributed by atoms with Gasteiger partial charge in [0.2, 0.25) is 11.8 Å². The highest BCUT2D eigenvalue weighted by molar-refractivity contribution is 6.08. The molecule has 0 unspecified atom stereocenters. The van der Waals surface area contributed by atoms with E-state index in [4.69, 9.17) is 4.84 Å². The molecule has 1 aromatic carbocycles. The average Bonchev–Trinajstić information content (AvgIpc) is 3.33. The van der Waals surface area contributed by atoms with Crippen LogP contribution in [0.15, 0.2) is 29.4 Å². The Morgan fingerprint density at radius 3 is 2.40 bits per heavy atom. The summed E-state index contributed by atoms with van der Waals surface area (Å²) in [4.78, 5) is 42.1. The van der Waals surface area contributed by atoms with Crippen molar-refractivity contribution in [3.63, 3.8) is 0 Å². The van der Waals surface area contributed by atoms with Gasteiger partial charge in [0.15, 0.2) is 0 Å². The quantitative estimate of drug-likeness (QED) is 0.457. The Labute approximate surface area is 142 Å². The zero-order chi connectivity index (χ0) is 17.5. The molecule has 0 radical (unpaired) electrons. The van der Waals surface area contributed by atoms with Gasteiger partial charge in [-0.05, 0) is 24.5 Å². The van der Waals surface area contributed by atoms with Gasteiger partial charge < -0.3 is 4.84 Å². The Morgan fingerprint density at radius 2 is 1.76 bits per heavy atom. The first-order chi connectivity index (χ1) is 12.0. The molecule has 128 valence electrons. The number of hydrogen-bond donors (Lipinski definition) is 0. The Balaban J connectivity index is 1.49. The first-order valence-corrected chi connectivity index (χ1v) is 8.29. The van der Waals surface area contributed by atoms with E-state index in [0.717, 1.165) is 17.7 Å². The maximum Gasteiger partial charge on any atom is 0.269 e. The van der Waals surface area contributed by atoms with Crippen LogP contribution >= 0.6 is 0 Å². The Kier molecular flexibility index (Phi) is 2.71. The molecule has 2 amide bonds. The number of nitrogens with zero attached hydrogens (tertiary/aromatic N) is 3. The number of imide groups is 1. The first kappa shape index (κ1) is 14.6. The smallest absolute Gasteiger partial charge is 0.269 e. The van der Waals surface area contributed by atoms with Crippen molar-refractivity contribution in [1.29, 1.82) is 0 Å². The first-order valence-electron chi connectivity index (χ1n) is 8.29. The van der Waals surface area contributed by atoms with Gasteiger partial charge >= 0.3 is 0 Å². The van der Waals surface area contributed by atoms with Gasteiger partial charge in [0, 0.05) is 36.6 Å². The van der Waals surface area contributed by atoms with E-state index in [2.05, 4.69) is 5.16 Å². The highest BCUT2D eigenvalue weighted by Crippen LogP contribution is 2.61. The molecule has 2 aliphatic heterocycles. The predicted octanol–water partition coefficient (Wildman–Crippen LogP) is 1.19. The van der Waals surface area contributed by atoms with Gasteiger partial charge in [-0.3, -0.25) is 24.6 Å². The van der Waals surface area contributed by atoms with Crippen molar-refractivity contribution in [2.24, 2.45) is 34.7 Å². The van der Waals surface area contributed by atoms with Gasteiger partial charge in [0.1, 0.15) is 6.10 Å². The van der Waals surface area contributed by atoms with Crippen LogP contribution in [0.2, 0.25) is 0 Å². The van der Waals surface area contributed by atoms with E-state index in [0.29, 0.717) is 0 Å². The summed E-state index contributed by atoms with van der Waals surface area (Å²) in [6.45, 7) is 0. The number of fused-ring (bicyclic) bond motifs is 8. The summed E-state index contributed by atoms with van der Waals surface area (Å²) in [6.07, 6.45) is 0.613. The number of nitro groups is 1. The molecule has 5 rings (SSSR count). The zero-order valence-electron chi connectivity index (χ0n) is 13.4. The van der Waals surface area contributed by atoms with E-state index in [1.54, 1.807) is 19.2 Å². The number of carbonyl (C=O) groups is 2. The van der Waals surface area contributed by atoms with Crippen LogP contribution in [-0.2, 0) is 14.4 Å². The van der Waals surface area contributed by atoms with Crippen molar-refractivity contribution in [3.8, 4) is 0 Å². The number of nitro benzene ring substituents is 1. The molecule has 2 aliphatic carbocycles. The van der Waals surface area contributed by atoms with E-state index < -0.39 is 4.92 Å². The molecule has 6 atom stereocenters. The molecular weight excluding hydrogens is 326 g/mol. The highest BCUT2D eigenvalue weighted by Gasteiger charge is 2.69. The summed E-state index contributed by atoms with van der Waals surface area (Å²) < 4.78 is 0. The van der Waals surface area contributed by atoms with Crippen LogP contribution in [0.1, 0.15) is 12.0 Å². The highest BCUT2D eigenvalue weighted by atomic mass is 16.6. The lowest BCUT2D eigenvalue weighted by molar-refractivity contribution is -0.384. The average molecular weight is 341 g/mol. The fraction of sp³-hybridized carbons (Fsp3) is 0.471. The Hall–Kier alpha value is -2.77. The summed E-state index contributed by atoms with van der Waals surface area (Å²) in [5.74, 6) is -0.748. The number of amides is 2. The molecule has 0 aromatic heterocycles. The summed E-state index contributed by atoms with van der Waals surface area (Å²) in [6, 6.07) is 6.22. The van der Waals surface area contributed by atoms with Gasteiger partial charge in [0.05, 0.1) is 22.5 Å². The number of oxime groups is 1.